The lowest BCUT2D eigenvalue weighted by atomic mass is 10.1. The van der Waals surface area contributed by atoms with Gasteiger partial charge in [-0.3, -0.25) is 9.36 Å². The first kappa shape index (κ1) is 26.4. The van der Waals surface area contributed by atoms with Crippen LogP contribution >= 0.6 is 11.6 Å². The number of hydrogen-bond acceptors (Lipinski definition) is 5. The molecule has 0 radical (unpaired) electrons. The Morgan fingerprint density at radius 2 is 1.64 bits per heavy atom. The molecule has 1 aliphatic rings. The molecule has 0 unspecified atom stereocenters. The van der Waals surface area contributed by atoms with Crippen molar-refractivity contribution in [1.29, 1.82) is 0 Å². The number of anilines is 1. The Bertz CT molecular complexity index is 1320. The van der Waals surface area contributed by atoms with Crippen LogP contribution in [0.15, 0.2) is 70.6 Å². The van der Waals surface area contributed by atoms with E-state index in [2.05, 4.69) is 6.92 Å². The fourth-order valence-corrected chi connectivity index (χ4v) is 6.20. The van der Waals surface area contributed by atoms with E-state index in [-0.39, 0.29) is 5.56 Å². The van der Waals surface area contributed by atoms with Crippen LogP contribution in [0, 0.1) is 0 Å². The van der Waals surface area contributed by atoms with Crippen LogP contribution in [-0.2, 0) is 16.4 Å². The van der Waals surface area contributed by atoms with Gasteiger partial charge in [-0.25, -0.2) is 13.4 Å². The Labute approximate surface area is 218 Å². The van der Waals surface area contributed by atoms with E-state index in [4.69, 9.17) is 16.6 Å². The van der Waals surface area contributed by atoms with E-state index in [0.29, 0.717) is 59.6 Å². The second-order valence-corrected chi connectivity index (χ2v) is 11.4. The van der Waals surface area contributed by atoms with Crippen molar-refractivity contribution in [3.63, 3.8) is 0 Å². The molecule has 9 heteroatoms. The van der Waals surface area contributed by atoms with E-state index in [1.54, 1.807) is 53.4 Å². The number of benzene rings is 2. The van der Waals surface area contributed by atoms with Gasteiger partial charge in [0.25, 0.3) is 5.56 Å². The summed E-state index contributed by atoms with van der Waals surface area (Å²) in [6.07, 6.45) is 7.64. The van der Waals surface area contributed by atoms with Crippen LogP contribution in [0.4, 0.5) is 5.82 Å². The molecule has 0 spiro atoms. The minimum Gasteiger partial charge on any atom is -0.354 e. The Morgan fingerprint density at radius 1 is 0.917 bits per heavy atom. The molecule has 1 saturated heterocycles. The van der Waals surface area contributed by atoms with Crippen molar-refractivity contribution in [3.8, 4) is 5.69 Å². The molecule has 2 heterocycles. The van der Waals surface area contributed by atoms with Gasteiger partial charge < -0.3 is 4.90 Å². The maximum atomic E-state index is 13.6. The maximum Gasteiger partial charge on any atom is 0.263 e. The molecule has 3 aromatic rings. The molecule has 7 nitrogen and oxygen atoms in total. The van der Waals surface area contributed by atoms with Crippen molar-refractivity contribution >= 4 is 27.4 Å². The number of sulfonamides is 1. The zero-order valence-corrected chi connectivity index (χ0v) is 22.2. The third kappa shape index (κ3) is 5.99. The van der Waals surface area contributed by atoms with E-state index in [0.717, 1.165) is 25.7 Å². The lowest BCUT2D eigenvalue weighted by Gasteiger charge is -2.35. The smallest absolute Gasteiger partial charge is 0.263 e. The summed E-state index contributed by atoms with van der Waals surface area (Å²) in [5, 5.41) is 0.556. The second-order valence-electron chi connectivity index (χ2n) is 9.07. The molecule has 0 atom stereocenters. The van der Waals surface area contributed by atoms with E-state index >= 15 is 0 Å². The van der Waals surface area contributed by atoms with Gasteiger partial charge in [0, 0.05) is 31.2 Å². The van der Waals surface area contributed by atoms with Gasteiger partial charge in [-0.05, 0) is 43.2 Å². The molecular formula is C27H33ClN4O3S. The van der Waals surface area contributed by atoms with Crippen molar-refractivity contribution < 1.29 is 8.42 Å². The summed E-state index contributed by atoms with van der Waals surface area (Å²) in [5.74, 6) is 0.658. The molecular weight excluding hydrogens is 496 g/mol. The van der Waals surface area contributed by atoms with Gasteiger partial charge >= 0.3 is 0 Å². The van der Waals surface area contributed by atoms with Crippen LogP contribution in [-0.4, -0.2) is 48.5 Å². The third-order valence-corrected chi connectivity index (χ3v) is 8.73. The highest BCUT2D eigenvalue weighted by molar-refractivity contribution is 7.89. The molecule has 1 fully saturated rings. The number of aromatic nitrogens is 2. The molecule has 0 bridgehead atoms. The van der Waals surface area contributed by atoms with Crippen molar-refractivity contribution in [2.75, 3.05) is 31.1 Å². The van der Waals surface area contributed by atoms with Crippen LogP contribution in [0.25, 0.3) is 5.69 Å². The first-order valence-electron chi connectivity index (χ1n) is 12.6. The fraction of sp³-hybridized carbons (Fsp3) is 0.407. The Morgan fingerprint density at radius 3 is 2.33 bits per heavy atom. The molecule has 192 valence electrons. The Balaban J connectivity index is 1.57. The summed E-state index contributed by atoms with van der Waals surface area (Å²) in [6, 6.07) is 15.7. The predicted octanol–water partition coefficient (Wildman–Crippen LogP) is 4.91. The highest BCUT2D eigenvalue weighted by Gasteiger charge is 2.30. The fourth-order valence-electron chi connectivity index (χ4n) is 4.57. The van der Waals surface area contributed by atoms with Gasteiger partial charge in [0.05, 0.1) is 16.1 Å². The van der Waals surface area contributed by atoms with Gasteiger partial charge in [0.1, 0.15) is 12.1 Å². The summed E-state index contributed by atoms with van der Waals surface area (Å²) >= 11 is 6.17. The van der Waals surface area contributed by atoms with Crippen molar-refractivity contribution in [2.24, 2.45) is 0 Å². The zero-order chi connectivity index (χ0) is 25.5. The molecule has 36 heavy (non-hydrogen) atoms. The molecule has 0 N–H and O–H groups in total. The normalized spacial score (nSPS) is 14.8. The average molecular weight is 529 g/mol. The lowest BCUT2D eigenvalue weighted by molar-refractivity contribution is 0.383. The van der Waals surface area contributed by atoms with Crippen LogP contribution < -0.4 is 10.5 Å². The number of piperazine rings is 1. The molecule has 1 aromatic heterocycles. The molecule has 2 aromatic carbocycles. The first-order chi connectivity index (χ1) is 17.4. The maximum absolute atomic E-state index is 13.6. The predicted molar refractivity (Wildman–Crippen MR) is 145 cm³/mol. The van der Waals surface area contributed by atoms with Crippen LogP contribution in [0.3, 0.4) is 0 Å². The summed E-state index contributed by atoms with van der Waals surface area (Å²) in [7, 11) is -3.55. The summed E-state index contributed by atoms with van der Waals surface area (Å²) in [4.78, 5) is 20.7. The molecule has 0 aliphatic carbocycles. The number of nitrogens with zero attached hydrogens (tertiary/aromatic N) is 4. The van der Waals surface area contributed by atoms with Crippen LogP contribution in [0.2, 0.25) is 5.02 Å². The van der Waals surface area contributed by atoms with Gasteiger partial charge in [-0.1, -0.05) is 68.5 Å². The summed E-state index contributed by atoms with van der Waals surface area (Å²) < 4.78 is 29.1. The molecule has 1 aliphatic heterocycles. The van der Waals surface area contributed by atoms with Crippen LogP contribution in [0.5, 0.6) is 0 Å². The number of halogens is 1. The average Bonchev–Trinajstić information content (AvgIpc) is 2.90. The van der Waals surface area contributed by atoms with E-state index in [1.165, 1.54) is 10.7 Å². The largest absolute Gasteiger partial charge is 0.354 e. The van der Waals surface area contributed by atoms with Gasteiger partial charge in [-0.2, -0.15) is 4.31 Å². The van der Waals surface area contributed by atoms with Crippen molar-refractivity contribution in [1.82, 2.24) is 13.9 Å². The Hall–Kier alpha value is -2.68. The third-order valence-electron chi connectivity index (χ3n) is 6.58. The van der Waals surface area contributed by atoms with Gasteiger partial charge in [-0.15, -0.1) is 0 Å². The highest BCUT2D eigenvalue weighted by atomic mass is 35.5. The molecule has 4 rings (SSSR count). The monoisotopic (exact) mass is 528 g/mol. The quantitative estimate of drug-likeness (QED) is 0.349. The SMILES string of the molecule is CCCCCCCc1c(N2CCN(S(=O)(=O)c3ccccc3)CC2)ncn(-c2cccc(Cl)c2)c1=O. The topological polar surface area (TPSA) is 75.5 Å². The van der Waals surface area contributed by atoms with Gasteiger partial charge in [0.15, 0.2) is 0 Å². The minimum atomic E-state index is -3.55. The van der Waals surface area contributed by atoms with E-state index in [1.807, 2.05) is 17.0 Å². The van der Waals surface area contributed by atoms with Crippen molar-refractivity contribution in [3.05, 3.63) is 81.9 Å². The standard InChI is InChI=1S/C27H33ClN4O3S/c1-2-3-4-5-9-15-25-26(29-21-32(27(25)33)23-12-10-11-22(28)20-23)30-16-18-31(19-17-30)36(34,35)24-13-7-6-8-14-24/h6-8,10-14,20-21H,2-5,9,15-19H2,1H3. The Kier molecular flexibility index (Phi) is 8.82. The minimum absolute atomic E-state index is 0.0999. The van der Waals surface area contributed by atoms with E-state index < -0.39 is 10.0 Å². The zero-order valence-electron chi connectivity index (χ0n) is 20.6. The first-order valence-corrected chi connectivity index (χ1v) is 14.4. The van der Waals surface area contributed by atoms with E-state index in [9.17, 15) is 13.2 Å². The van der Waals surface area contributed by atoms with Gasteiger partial charge in [0.2, 0.25) is 10.0 Å². The molecule has 0 amide bonds. The summed E-state index contributed by atoms with van der Waals surface area (Å²) in [6.45, 7) is 3.81. The van der Waals surface area contributed by atoms with Crippen LogP contribution in [0.1, 0.15) is 44.6 Å². The number of hydrogen-bond donors (Lipinski definition) is 0. The number of rotatable bonds is 10. The lowest BCUT2D eigenvalue weighted by Crippen LogP contribution is -2.49. The van der Waals surface area contributed by atoms with Crippen molar-refractivity contribution in [2.45, 2.75) is 50.3 Å². The molecule has 0 saturated carbocycles. The summed E-state index contributed by atoms with van der Waals surface area (Å²) in [5.41, 5.74) is 1.25. The highest BCUT2D eigenvalue weighted by Crippen LogP contribution is 2.23. The number of unbranched alkanes of at least 4 members (excludes halogenated alkanes) is 4. The second kappa shape index (κ2) is 12.0.